The summed E-state index contributed by atoms with van der Waals surface area (Å²) in [6.45, 7) is 2.13. The first-order valence-corrected chi connectivity index (χ1v) is 6.04. The van der Waals surface area contributed by atoms with E-state index in [4.69, 9.17) is 23.2 Å². The molecule has 15 heavy (non-hydrogen) atoms. The lowest BCUT2D eigenvalue weighted by Crippen LogP contribution is -1.99. The maximum absolute atomic E-state index is 9.94. The van der Waals surface area contributed by atoms with Gasteiger partial charge in [-0.05, 0) is 18.6 Å². The monoisotopic (exact) mass is 246 g/mol. The Morgan fingerprint density at radius 1 is 1.20 bits per heavy atom. The van der Waals surface area contributed by atoms with E-state index in [9.17, 15) is 5.11 Å². The highest BCUT2D eigenvalue weighted by molar-refractivity contribution is 6.36. The molecule has 1 aromatic rings. The molecule has 1 atom stereocenters. The summed E-state index contributed by atoms with van der Waals surface area (Å²) >= 11 is 12.0. The van der Waals surface area contributed by atoms with E-state index >= 15 is 0 Å². The third-order valence-corrected chi connectivity index (χ3v) is 3.07. The van der Waals surface area contributed by atoms with Gasteiger partial charge in [-0.15, -0.1) is 0 Å². The van der Waals surface area contributed by atoms with Gasteiger partial charge in [0.1, 0.15) is 0 Å². The Balaban J connectivity index is 2.68. The molecule has 0 aromatic heterocycles. The Bertz CT molecular complexity index is 292. The van der Waals surface area contributed by atoms with Crippen LogP contribution in [0.2, 0.25) is 10.0 Å². The molecular formula is C12H16Cl2O. The Labute approximate surface area is 101 Å². The molecule has 1 nitrogen and oxygen atoms in total. The molecule has 1 N–H and O–H groups in total. The Morgan fingerprint density at radius 2 is 1.80 bits per heavy atom. The molecule has 3 heteroatoms. The van der Waals surface area contributed by atoms with E-state index in [1.54, 1.807) is 18.2 Å². The summed E-state index contributed by atoms with van der Waals surface area (Å²) in [5, 5.41) is 11.0. The predicted octanol–water partition coefficient (Wildman–Crippen LogP) is 4.61. The van der Waals surface area contributed by atoms with Gasteiger partial charge in [0.05, 0.1) is 6.10 Å². The highest BCUT2D eigenvalue weighted by Gasteiger charge is 2.14. The van der Waals surface area contributed by atoms with Crippen LogP contribution in [0, 0.1) is 0 Å². The molecule has 84 valence electrons. The van der Waals surface area contributed by atoms with Crippen LogP contribution >= 0.6 is 23.2 Å². The average Bonchev–Trinajstić information content (AvgIpc) is 2.18. The molecule has 0 amide bonds. The molecular weight excluding hydrogens is 231 g/mol. The lowest BCUT2D eigenvalue weighted by atomic mass is 10.0. The van der Waals surface area contributed by atoms with Crippen LogP contribution in [-0.4, -0.2) is 5.11 Å². The van der Waals surface area contributed by atoms with E-state index in [-0.39, 0.29) is 0 Å². The number of halogens is 2. The Kier molecular flexibility index (Phi) is 5.44. The summed E-state index contributed by atoms with van der Waals surface area (Å²) in [6, 6.07) is 5.30. The van der Waals surface area contributed by atoms with Crippen LogP contribution < -0.4 is 0 Å². The third-order valence-electron chi connectivity index (χ3n) is 2.41. The van der Waals surface area contributed by atoms with Crippen LogP contribution in [0.25, 0.3) is 0 Å². The average molecular weight is 247 g/mol. The van der Waals surface area contributed by atoms with Crippen molar-refractivity contribution in [1.82, 2.24) is 0 Å². The lowest BCUT2D eigenvalue weighted by Gasteiger charge is -2.13. The normalized spacial score (nSPS) is 12.8. The first-order valence-electron chi connectivity index (χ1n) is 5.28. The molecule has 1 rings (SSSR count). The standard InChI is InChI=1S/C12H16Cl2O/c1-2-3-4-8-11(15)12-9(13)6-5-7-10(12)14/h5-7,11,15H,2-4,8H2,1H3/t11-/m1/s1. The first-order chi connectivity index (χ1) is 7.16. The van der Waals surface area contributed by atoms with Gasteiger partial charge in [0.2, 0.25) is 0 Å². The van der Waals surface area contributed by atoms with E-state index in [1.807, 2.05) is 0 Å². The minimum atomic E-state index is -0.544. The number of hydrogen-bond acceptors (Lipinski definition) is 1. The van der Waals surface area contributed by atoms with Crippen molar-refractivity contribution in [3.05, 3.63) is 33.8 Å². The smallest absolute Gasteiger partial charge is 0.0819 e. The second kappa shape index (κ2) is 6.37. The van der Waals surface area contributed by atoms with Gasteiger partial charge in [-0.3, -0.25) is 0 Å². The maximum atomic E-state index is 9.94. The number of aliphatic hydroxyl groups is 1. The number of benzene rings is 1. The van der Waals surface area contributed by atoms with Gasteiger partial charge in [0.25, 0.3) is 0 Å². The van der Waals surface area contributed by atoms with Crippen molar-refractivity contribution in [1.29, 1.82) is 0 Å². The number of aliphatic hydroxyl groups excluding tert-OH is 1. The predicted molar refractivity (Wildman–Crippen MR) is 65.6 cm³/mol. The van der Waals surface area contributed by atoms with Gasteiger partial charge >= 0.3 is 0 Å². The summed E-state index contributed by atoms with van der Waals surface area (Å²) < 4.78 is 0. The largest absolute Gasteiger partial charge is 0.388 e. The quantitative estimate of drug-likeness (QED) is 0.753. The topological polar surface area (TPSA) is 20.2 Å². The highest BCUT2D eigenvalue weighted by atomic mass is 35.5. The van der Waals surface area contributed by atoms with E-state index in [0.717, 1.165) is 25.7 Å². The van der Waals surface area contributed by atoms with Crippen LogP contribution in [0.4, 0.5) is 0 Å². The molecule has 0 aliphatic heterocycles. The summed E-state index contributed by atoms with van der Waals surface area (Å²) in [7, 11) is 0. The van der Waals surface area contributed by atoms with Crippen molar-refractivity contribution in [3.63, 3.8) is 0 Å². The van der Waals surface area contributed by atoms with Gasteiger partial charge in [-0.25, -0.2) is 0 Å². The minimum absolute atomic E-state index is 0.544. The molecule has 0 heterocycles. The van der Waals surface area contributed by atoms with Crippen molar-refractivity contribution in [3.8, 4) is 0 Å². The van der Waals surface area contributed by atoms with E-state index < -0.39 is 6.10 Å². The van der Waals surface area contributed by atoms with Crippen molar-refractivity contribution in [2.45, 2.75) is 38.7 Å². The van der Waals surface area contributed by atoms with Crippen LogP contribution in [0.15, 0.2) is 18.2 Å². The van der Waals surface area contributed by atoms with Crippen molar-refractivity contribution < 1.29 is 5.11 Å². The summed E-state index contributed by atoms with van der Waals surface area (Å²) in [5.41, 5.74) is 0.664. The highest BCUT2D eigenvalue weighted by Crippen LogP contribution is 2.32. The second-order valence-electron chi connectivity index (χ2n) is 3.65. The molecule has 0 unspecified atom stereocenters. The zero-order chi connectivity index (χ0) is 11.3. The fourth-order valence-corrected chi connectivity index (χ4v) is 2.21. The molecule has 0 aliphatic carbocycles. The van der Waals surface area contributed by atoms with Gasteiger partial charge in [-0.2, -0.15) is 0 Å². The Hall–Kier alpha value is -0.240. The van der Waals surface area contributed by atoms with E-state index in [1.165, 1.54) is 0 Å². The fourth-order valence-electron chi connectivity index (χ4n) is 1.56. The molecule has 0 bridgehead atoms. The first kappa shape index (κ1) is 12.8. The molecule has 0 fully saturated rings. The van der Waals surface area contributed by atoms with Crippen molar-refractivity contribution >= 4 is 23.2 Å². The van der Waals surface area contributed by atoms with Crippen LogP contribution in [0.1, 0.15) is 44.3 Å². The fraction of sp³-hybridized carbons (Fsp3) is 0.500. The van der Waals surface area contributed by atoms with Gasteiger partial charge < -0.3 is 5.11 Å². The summed E-state index contributed by atoms with van der Waals surface area (Å²) in [4.78, 5) is 0. The zero-order valence-corrected chi connectivity index (χ0v) is 10.4. The zero-order valence-electron chi connectivity index (χ0n) is 8.84. The SMILES string of the molecule is CCCCC[C@@H](O)c1c(Cl)cccc1Cl. The van der Waals surface area contributed by atoms with Crippen LogP contribution in [0.3, 0.4) is 0 Å². The van der Waals surface area contributed by atoms with E-state index in [0.29, 0.717) is 15.6 Å². The molecule has 0 aliphatic rings. The maximum Gasteiger partial charge on any atom is 0.0819 e. The van der Waals surface area contributed by atoms with Crippen molar-refractivity contribution in [2.24, 2.45) is 0 Å². The molecule has 0 saturated heterocycles. The molecule has 0 saturated carbocycles. The third kappa shape index (κ3) is 3.67. The number of rotatable bonds is 5. The summed E-state index contributed by atoms with van der Waals surface area (Å²) in [6.07, 6.45) is 3.44. The van der Waals surface area contributed by atoms with Crippen LogP contribution in [0.5, 0.6) is 0 Å². The molecule has 0 radical (unpaired) electrons. The molecule has 1 aromatic carbocycles. The second-order valence-corrected chi connectivity index (χ2v) is 4.46. The molecule has 0 spiro atoms. The lowest BCUT2D eigenvalue weighted by molar-refractivity contribution is 0.164. The van der Waals surface area contributed by atoms with Gasteiger partial charge in [0, 0.05) is 15.6 Å². The summed E-state index contributed by atoms with van der Waals surface area (Å²) in [5.74, 6) is 0. The Morgan fingerprint density at radius 3 is 2.33 bits per heavy atom. The van der Waals surface area contributed by atoms with Crippen LogP contribution in [-0.2, 0) is 0 Å². The van der Waals surface area contributed by atoms with Gasteiger partial charge in [-0.1, -0.05) is 55.5 Å². The number of unbranched alkanes of at least 4 members (excludes halogenated alkanes) is 2. The van der Waals surface area contributed by atoms with E-state index in [2.05, 4.69) is 6.92 Å². The number of hydrogen-bond donors (Lipinski definition) is 1. The van der Waals surface area contributed by atoms with Crippen molar-refractivity contribution in [2.75, 3.05) is 0 Å². The van der Waals surface area contributed by atoms with Gasteiger partial charge in [0.15, 0.2) is 0 Å². The minimum Gasteiger partial charge on any atom is -0.388 e.